The molecule has 1 aromatic carbocycles. The molecule has 1 amide bonds. The highest BCUT2D eigenvalue weighted by Crippen LogP contribution is 2.30. The van der Waals surface area contributed by atoms with Gasteiger partial charge in [-0.3, -0.25) is 9.78 Å². The van der Waals surface area contributed by atoms with Crippen LogP contribution >= 0.6 is 0 Å². The average Bonchev–Trinajstić information content (AvgIpc) is 3.11. The monoisotopic (exact) mass is 330 g/mol. The first-order chi connectivity index (χ1) is 11.1. The van der Waals surface area contributed by atoms with E-state index in [0.717, 1.165) is 12.8 Å². The molecule has 6 heteroatoms. The number of carbonyl (C=O) groups excluding carboxylic acids is 1. The molecule has 1 aliphatic rings. The first kappa shape index (κ1) is 15.7. The maximum atomic E-state index is 12.6. The summed E-state index contributed by atoms with van der Waals surface area (Å²) < 4.78 is 25.2. The minimum atomic E-state index is -3.33. The number of carbonyl (C=O) groups is 1. The van der Waals surface area contributed by atoms with Crippen molar-refractivity contribution in [3.05, 3.63) is 54.4 Å². The smallest absolute Gasteiger partial charge is 0.257 e. The Morgan fingerprint density at radius 2 is 1.91 bits per heavy atom. The van der Waals surface area contributed by atoms with Gasteiger partial charge in [0.25, 0.3) is 5.91 Å². The number of hydrogen-bond donors (Lipinski definition) is 1. The van der Waals surface area contributed by atoms with Crippen LogP contribution in [0.5, 0.6) is 0 Å². The number of nitrogens with one attached hydrogen (secondary N) is 1. The second-order valence-corrected chi connectivity index (χ2v) is 7.90. The van der Waals surface area contributed by atoms with Crippen molar-refractivity contribution < 1.29 is 13.2 Å². The number of anilines is 1. The molecule has 1 N–H and O–H groups in total. The summed E-state index contributed by atoms with van der Waals surface area (Å²) in [5, 5.41) is 2.42. The van der Waals surface area contributed by atoms with E-state index in [4.69, 9.17) is 0 Å². The molecule has 1 fully saturated rings. The van der Waals surface area contributed by atoms with Gasteiger partial charge in [-0.15, -0.1) is 0 Å². The number of pyridine rings is 1. The molecule has 5 nitrogen and oxygen atoms in total. The summed E-state index contributed by atoms with van der Waals surface area (Å²) in [6.45, 7) is 0. The first-order valence-electron chi connectivity index (χ1n) is 7.63. The standard InChI is InChI=1S/C17H18N2O3S/c20-17(13-5-4-10-18-12-13)19-14-6-3-9-16(11-14)23(21,22)15-7-1-2-8-15/h3-6,9-12,15H,1-2,7-8H2,(H,19,20). The van der Waals surface area contributed by atoms with Crippen LogP contribution in [0.1, 0.15) is 36.0 Å². The van der Waals surface area contributed by atoms with Gasteiger partial charge >= 0.3 is 0 Å². The Labute approximate surface area is 135 Å². The van der Waals surface area contributed by atoms with Crippen LogP contribution in [0.3, 0.4) is 0 Å². The zero-order chi connectivity index (χ0) is 16.3. The first-order valence-corrected chi connectivity index (χ1v) is 9.17. The van der Waals surface area contributed by atoms with E-state index in [1.807, 2.05) is 0 Å². The van der Waals surface area contributed by atoms with Crippen LogP contribution in [0.25, 0.3) is 0 Å². The average molecular weight is 330 g/mol. The zero-order valence-electron chi connectivity index (χ0n) is 12.6. The SMILES string of the molecule is O=C(Nc1cccc(S(=O)(=O)C2CCCC2)c1)c1cccnc1. The lowest BCUT2D eigenvalue weighted by atomic mass is 10.2. The largest absolute Gasteiger partial charge is 0.322 e. The van der Waals surface area contributed by atoms with Crippen LogP contribution in [0, 0.1) is 0 Å². The molecular weight excluding hydrogens is 312 g/mol. The van der Waals surface area contributed by atoms with Crippen molar-refractivity contribution in [2.45, 2.75) is 35.8 Å². The fourth-order valence-corrected chi connectivity index (χ4v) is 4.74. The molecule has 3 rings (SSSR count). The van der Waals surface area contributed by atoms with Crippen LogP contribution in [-0.2, 0) is 9.84 Å². The van der Waals surface area contributed by atoms with Crippen molar-refractivity contribution in [2.24, 2.45) is 0 Å². The van der Waals surface area contributed by atoms with Gasteiger partial charge in [-0.25, -0.2) is 8.42 Å². The summed E-state index contributed by atoms with van der Waals surface area (Å²) in [5.74, 6) is -0.312. The van der Waals surface area contributed by atoms with Crippen LogP contribution in [0.15, 0.2) is 53.7 Å². The number of aromatic nitrogens is 1. The highest BCUT2D eigenvalue weighted by molar-refractivity contribution is 7.92. The number of nitrogens with zero attached hydrogens (tertiary/aromatic N) is 1. The van der Waals surface area contributed by atoms with Gasteiger partial charge in [-0.05, 0) is 43.2 Å². The fraction of sp³-hybridized carbons (Fsp3) is 0.294. The Balaban J connectivity index is 1.81. The molecule has 1 heterocycles. The normalized spacial score (nSPS) is 15.5. The van der Waals surface area contributed by atoms with Crippen molar-refractivity contribution in [1.82, 2.24) is 4.98 Å². The molecule has 0 atom stereocenters. The molecule has 0 radical (unpaired) electrons. The molecule has 23 heavy (non-hydrogen) atoms. The maximum absolute atomic E-state index is 12.6. The second kappa shape index (κ2) is 6.50. The highest BCUT2D eigenvalue weighted by Gasteiger charge is 2.30. The second-order valence-electron chi connectivity index (χ2n) is 5.68. The lowest BCUT2D eigenvalue weighted by Crippen LogP contribution is -2.18. The maximum Gasteiger partial charge on any atom is 0.257 e. The Morgan fingerprint density at radius 1 is 1.13 bits per heavy atom. The van der Waals surface area contributed by atoms with E-state index in [2.05, 4.69) is 10.3 Å². The molecular formula is C17H18N2O3S. The van der Waals surface area contributed by atoms with Crippen molar-refractivity contribution >= 4 is 21.4 Å². The van der Waals surface area contributed by atoms with E-state index in [9.17, 15) is 13.2 Å². The van der Waals surface area contributed by atoms with Crippen LogP contribution in [0.4, 0.5) is 5.69 Å². The van der Waals surface area contributed by atoms with Crippen LogP contribution < -0.4 is 5.32 Å². The van der Waals surface area contributed by atoms with Crippen molar-refractivity contribution in [3.8, 4) is 0 Å². The topological polar surface area (TPSA) is 76.1 Å². The van der Waals surface area contributed by atoms with Gasteiger partial charge in [0.15, 0.2) is 9.84 Å². The summed E-state index contributed by atoms with van der Waals surface area (Å²) in [6.07, 6.45) is 6.41. The predicted molar refractivity (Wildman–Crippen MR) is 88.1 cm³/mol. The Bertz CT molecular complexity index is 798. The number of amides is 1. The van der Waals surface area contributed by atoms with E-state index in [1.54, 1.807) is 36.5 Å². The highest BCUT2D eigenvalue weighted by atomic mass is 32.2. The third kappa shape index (κ3) is 3.42. The summed E-state index contributed by atoms with van der Waals surface area (Å²) in [4.78, 5) is 16.3. The lowest BCUT2D eigenvalue weighted by molar-refractivity contribution is 0.102. The van der Waals surface area contributed by atoms with Crippen molar-refractivity contribution in [1.29, 1.82) is 0 Å². The lowest BCUT2D eigenvalue weighted by Gasteiger charge is -2.12. The minimum absolute atomic E-state index is 0.272. The van der Waals surface area contributed by atoms with Gasteiger partial charge < -0.3 is 5.32 Å². The molecule has 2 aromatic rings. The summed E-state index contributed by atoms with van der Waals surface area (Å²) in [6, 6.07) is 9.79. The van der Waals surface area contributed by atoms with Gasteiger partial charge in [0.05, 0.1) is 15.7 Å². The molecule has 0 saturated heterocycles. The molecule has 1 aromatic heterocycles. The van der Waals surface area contributed by atoms with Gasteiger partial charge in [0.1, 0.15) is 0 Å². The Kier molecular flexibility index (Phi) is 4.43. The molecule has 1 saturated carbocycles. The summed E-state index contributed by atoms with van der Waals surface area (Å²) in [7, 11) is -3.33. The number of rotatable bonds is 4. The van der Waals surface area contributed by atoms with Gasteiger partial charge in [0, 0.05) is 18.1 Å². The van der Waals surface area contributed by atoms with E-state index in [0.29, 0.717) is 24.1 Å². The van der Waals surface area contributed by atoms with E-state index in [1.165, 1.54) is 12.3 Å². The third-order valence-electron chi connectivity index (χ3n) is 4.09. The molecule has 1 aliphatic carbocycles. The molecule has 0 unspecified atom stereocenters. The van der Waals surface area contributed by atoms with Gasteiger partial charge in [-0.2, -0.15) is 0 Å². The van der Waals surface area contributed by atoms with Crippen LogP contribution in [-0.4, -0.2) is 24.6 Å². The molecule has 0 bridgehead atoms. The van der Waals surface area contributed by atoms with Crippen molar-refractivity contribution in [2.75, 3.05) is 5.32 Å². The quantitative estimate of drug-likeness (QED) is 0.935. The fourth-order valence-electron chi connectivity index (χ4n) is 2.84. The van der Waals surface area contributed by atoms with Gasteiger partial charge in [0.2, 0.25) is 0 Å². The molecule has 0 spiro atoms. The predicted octanol–water partition coefficient (Wildman–Crippen LogP) is 3.05. The molecule has 0 aliphatic heterocycles. The summed E-state index contributed by atoms with van der Waals surface area (Å²) >= 11 is 0. The van der Waals surface area contributed by atoms with Crippen LogP contribution in [0.2, 0.25) is 0 Å². The Morgan fingerprint density at radius 3 is 2.61 bits per heavy atom. The zero-order valence-corrected chi connectivity index (χ0v) is 13.4. The third-order valence-corrected chi connectivity index (χ3v) is 6.35. The van der Waals surface area contributed by atoms with Crippen molar-refractivity contribution in [3.63, 3.8) is 0 Å². The number of hydrogen-bond acceptors (Lipinski definition) is 4. The number of sulfone groups is 1. The van der Waals surface area contributed by atoms with E-state index < -0.39 is 9.84 Å². The van der Waals surface area contributed by atoms with Gasteiger partial charge in [-0.1, -0.05) is 18.9 Å². The Hall–Kier alpha value is -2.21. The number of benzene rings is 1. The van der Waals surface area contributed by atoms with E-state index >= 15 is 0 Å². The van der Waals surface area contributed by atoms with E-state index in [-0.39, 0.29) is 16.1 Å². The molecule has 120 valence electrons. The summed E-state index contributed by atoms with van der Waals surface area (Å²) in [5.41, 5.74) is 0.898. The minimum Gasteiger partial charge on any atom is -0.322 e.